The Labute approximate surface area is 109 Å². The van der Waals surface area contributed by atoms with Crippen molar-refractivity contribution in [2.45, 2.75) is 6.18 Å². The summed E-state index contributed by atoms with van der Waals surface area (Å²) < 4.78 is 38.5. The van der Waals surface area contributed by atoms with E-state index in [4.69, 9.17) is 0 Å². The standard InChI is InChI=1S/C14H13F3N2/c1-18-10-5-4-6-11(9-10)19-13-8-3-2-7-12(13)14(15,16)17/h2-9,18-19H,1H3. The third-order valence-electron chi connectivity index (χ3n) is 2.66. The first-order chi connectivity index (χ1) is 9.00. The monoisotopic (exact) mass is 266 g/mol. The summed E-state index contributed by atoms with van der Waals surface area (Å²) in [5.74, 6) is 0. The van der Waals surface area contributed by atoms with Gasteiger partial charge in [0.2, 0.25) is 0 Å². The molecule has 0 saturated carbocycles. The van der Waals surface area contributed by atoms with Crippen LogP contribution in [0.5, 0.6) is 0 Å². The largest absolute Gasteiger partial charge is 0.418 e. The van der Waals surface area contributed by atoms with Crippen molar-refractivity contribution in [2.75, 3.05) is 17.7 Å². The van der Waals surface area contributed by atoms with Gasteiger partial charge in [-0.1, -0.05) is 18.2 Å². The second kappa shape index (κ2) is 5.22. The molecule has 2 N–H and O–H groups in total. The van der Waals surface area contributed by atoms with Gasteiger partial charge in [-0.2, -0.15) is 13.2 Å². The van der Waals surface area contributed by atoms with Crippen molar-refractivity contribution in [3.8, 4) is 0 Å². The molecule has 2 aromatic rings. The van der Waals surface area contributed by atoms with Gasteiger partial charge in [-0.15, -0.1) is 0 Å². The quantitative estimate of drug-likeness (QED) is 0.855. The zero-order chi connectivity index (χ0) is 13.9. The molecular weight excluding hydrogens is 253 g/mol. The van der Waals surface area contributed by atoms with Crippen molar-refractivity contribution in [1.29, 1.82) is 0 Å². The number of anilines is 3. The molecule has 0 spiro atoms. The van der Waals surface area contributed by atoms with Crippen molar-refractivity contribution < 1.29 is 13.2 Å². The van der Waals surface area contributed by atoms with Gasteiger partial charge in [-0.25, -0.2) is 0 Å². The Morgan fingerprint density at radius 1 is 0.895 bits per heavy atom. The fourth-order valence-corrected chi connectivity index (χ4v) is 1.75. The lowest BCUT2D eigenvalue weighted by atomic mass is 10.1. The van der Waals surface area contributed by atoms with Crippen molar-refractivity contribution >= 4 is 17.1 Å². The van der Waals surface area contributed by atoms with Crippen LogP contribution in [0.1, 0.15) is 5.56 Å². The van der Waals surface area contributed by atoms with Crippen LogP contribution in [0, 0.1) is 0 Å². The second-order valence-corrected chi connectivity index (χ2v) is 4.00. The van der Waals surface area contributed by atoms with E-state index < -0.39 is 11.7 Å². The Kier molecular flexibility index (Phi) is 3.64. The predicted octanol–water partition coefficient (Wildman–Crippen LogP) is 4.49. The average Bonchev–Trinajstić information content (AvgIpc) is 2.38. The molecule has 0 heterocycles. The molecule has 0 bridgehead atoms. The summed E-state index contributed by atoms with van der Waals surface area (Å²) in [5, 5.41) is 5.73. The zero-order valence-electron chi connectivity index (χ0n) is 10.3. The lowest BCUT2D eigenvalue weighted by molar-refractivity contribution is -0.136. The molecular formula is C14H13F3N2. The molecule has 0 saturated heterocycles. The van der Waals surface area contributed by atoms with Crippen molar-refractivity contribution in [3.05, 3.63) is 54.1 Å². The Morgan fingerprint density at radius 2 is 1.58 bits per heavy atom. The second-order valence-electron chi connectivity index (χ2n) is 4.00. The van der Waals surface area contributed by atoms with Gasteiger partial charge in [-0.05, 0) is 30.3 Å². The predicted molar refractivity (Wildman–Crippen MR) is 70.7 cm³/mol. The zero-order valence-corrected chi connectivity index (χ0v) is 10.3. The maximum absolute atomic E-state index is 12.8. The van der Waals surface area contributed by atoms with Gasteiger partial charge in [0.1, 0.15) is 0 Å². The highest BCUT2D eigenvalue weighted by atomic mass is 19.4. The van der Waals surface area contributed by atoms with E-state index in [9.17, 15) is 13.2 Å². The number of nitrogens with one attached hydrogen (secondary N) is 2. The smallest absolute Gasteiger partial charge is 0.388 e. The van der Waals surface area contributed by atoms with Crippen LogP contribution >= 0.6 is 0 Å². The summed E-state index contributed by atoms with van der Waals surface area (Å²) in [6, 6.07) is 12.5. The first kappa shape index (κ1) is 13.3. The third-order valence-corrected chi connectivity index (χ3v) is 2.66. The summed E-state index contributed by atoms with van der Waals surface area (Å²) in [6.07, 6.45) is -4.37. The highest BCUT2D eigenvalue weighted by Crippen LogP contribution is 2.35. The number of rotatable bonds is 3. The minimum Gasteiger partial charge on any atom is -0.388 e. The maximum atomic E-state index is 12.8. The summed E-state index contributed by atoms with van der Waals surface area (Å²) in [5.41, 5.74) is 0.797. The number of alkyl halides is 3. The van der Waals surface area contributed by atoms with Crippen LogP contribution in [0.25, 0.3) is 0 Å². The molecule has 0 atom stereocenters. The van der Waals surface area contributed by atoms with E-state index in [-0.39, 0.29) is 5.69 Å². The molecule has 2 nitrogen and oxygen atoms in total. The number of para-hydroxylation sites is 1. The minimum atomic E-state index is -4.37. The Morgan fingerprint density at radius 3 is 2.26 bits per heavy atom. The molecule has 19 heavy (non-hydrogen) atoms. The first-order valence-corrected chi connectivity index (χ1v) is 5.72. The van der Waals surface area contributed by atoms with Gasteiger partial charge in [-0.3, -0.25) is 0 Å². The third kappa shape index (κ3) is 3.19. The van der Waals surface area contributed by atoms with E-state index in [0.717, 1.165) is 11.8 Å². The van der Waals surface area contributed by atoms with Gasteiger partial charge in [0.15, 0.2) is 0 Å². The minimum absolute atomic E-state index is 0.0447. The lowest BCUT2D eigenvalue weighted by Gasteiger charge is -2.14. The van der Waals surface area contributed by atoms with Gasteiger partial charge >= 0.3 is 6.18 Å². The molecule has 100 valence electrons. The molecule has 0 amide bonds. The molecule has 2 aromatic carbocycles. The van der Waals surface area contributed by atoms with Crippen LogP contribution in [-0.4, -0.2) is 7.05 Å². The molecule has 0 aliphatic rings. The normalized spacial score (nSPS) is 11.2. The Balaban J connectivity index is 2.33. The fourth-order valence-electron chi connectivity index (χ4n) is 1.75. The first-order valence-electron chi connectivity index (χ1n) is 5.72. The Hall–Kier alpha value is -2.17. The van der Waals surface area contributed by atoms with E-state index in [0.29, 0.717) is 5.69 Å². The lowest BCUT2D eigenvalue weighted by Crippen LogP contribution is -2.08. The molecule has 0 aliphatic carbocycles. The topological polar surface area (TPSA) is 24.1 Å². The SMILES string of the molecule is CNc1cccc(Nc2ccccc2C(F)(F)F)c1. The highest BCUT2D eigenvalue weighted by Gasteiger charge is 2.33. The van der Waals surface area contributed by atoms with E-state index in [1.807, 2.05) is 6.07 Å². The Bertz CT molecular complexity index is 565. The van der Waals surface area contributed by atoms with Crippen LogP contribution in [0.4, 0.5) is 30.2 Å². The van der Waals surface area contributed by atoms with Crippen molar-refractivity contribution in [3.63, 3.8) is 0 Å². The van der Waals surface area contributed by atoms with E-state index in [2.05, 4.69) is 10.6 Å². The van der Waals surface area contributed by atoms with Crippen LogP contribution in [-0.2, 0) is 6.18 Å². The fraction of sp³-hybridized carbons (Fsp3) is 0.143. The molecule has 0 aliphatic heterocycles. The molecule has 5 heteroatoms. The highest BCUT2D eigenvalue weighted by molar-refractivity contribution is 5.67. The van der Waals surface area contributed by atoms with E-state index >= 15 is 0 Å². The van der Waals surface area contributed by atoms with Gasteiger partial charge in [0, 0.05) is 18.4 Å². The summed E-state index contributed by atoms with van der Waals surface area (Å²) in [6.45, 7) is 0. The average molecular weight is 266 g/mol. The van der Waals surface area contributed by atoms with Crippen LogP contribution in [0.3, 0.4) is 0 Å². The van der Waals surface area contributed by atoms with E-state index in [1.54, 1.807) is 31.3 Å². The summed E-state index contributed by atoms with van der Waals surface area (Å²) in [4.78, 5) is 0. The number of halogens is 3. The van der Waals surface area contributed by atoms with Gasteiger partial charge < -0.3 is 10.6 Å². The van der Waals surface area contributed by atoms with Crippen LogP contribution < -0.4 is 10.6 Å². The maximum Gasteiger partial charge on any atom is 0.418 e. The van der Waals surface area contributed by atoms with Gasteiger partial charge in [0.25, 0.3) is 0 Å². The van der Waals surface area contributed by atoms with Crippen molar-refractivity contribution in [2.24, 2.45) is 0 Å². The van der Waals surface area contributed by atoms with Crippen LogP contribution in [0.15, 0.2) is 48.5 Å². The number of hydrogen-bond acceptors (Lipinski definition) is 2. The number of hydrogen-bond donors (Lipinski definition) is 2. The molecule has 0 fully saturated rings. The molecule has 0 aromatic heterocycles. The van der Waals surface area contributed by atoms with E-state index in [1.165, 1.54) is 12.1 Å². The molecule has 0 radical (unpaired) electrons. The summed E-state index contributed by atoms with van der Waals surface area (Å²) >= 11 is 0. The summed E-state index contributed by atoms with van der Waals surface area (Å²) in [7, 11) is 1.75. The molecule has 2 rings (SSSR count). The molecule has 0 unspecified atom stereocenters. The van der Waals surface area contributed by atoms with Crippen LogP contribution in [0.2, 0.25) is 0 Å². The van der Waals surface area contributed by atoms with Crippen molar-refractivity contribution in [1.82, 2.24) is 0 Å². The number of benzene rings is 2. The van der Waals surface area contributed by atoms with Gasteiger partial charge in [0.05, 0.1) is 11.3 Å².